The number of fused-ring (bicyclic) bond motifs is 3. The van der Waals surface area contributed by atoms with Crippen LogP contribution in [-0.4, -0.2) is 24.6 Å². The van der Waals surface area contributed by atoms with E-state index in [0.717, 1.165) is 24.5 Å². The van der Waals surface area contributed by atoms with Gasteiger partial charge in [-0.05, 0) is 6.07 Å². The molecule has 96 valence electrons. The van der Waals surface area contributed by atoms with Gasteiger partial charge in [-0.2, -0.15) is 13.2 Å². The molecule has 0 aromatic carbocycles. The van der Waals surface area contributed by atoms with E-state index in [0.29, 0.717) is 24.6 Å². The summed E-state index contributed by atoms with van der Waals surface area (Å²) in [7, 11) is 0. The molecule has 1 saturated heterocycles. The van der Waals surface area contributed by atoms with Gasteiger partial charge in [-0.3, -0.25) is 0 Å². The first-order valence-electron chi connectivity index (χ1n) is 5.57. The van der Waals surface area contributed by atoms with Crippen molar-refractivity contribution in [2.75, 3.05) is 29.9 Å². The molecule has 3 rings (SSSR count). The Bertz CT molecular complexity index is 510. The minimum Gasteiger partial charge on any atom is -0.357 e. The molecule has 0 saturated carbocycles. The molecule has 1 aromatic rings. The van der Waals surface area contributed by atoms with Gasteiger partial charge in [0.05, 0.1) is 11.3 Å². The van der Waals surface area contributed by atoms with E-state index in [1.165, 1.54) is 0 Å². The van der Waals surface area contributed by atoms with Crippen LogP contribution in [-0.2, 0) is 6.18 Å². The Labute approximate surface area is 101 Å². The van der Waals surface area contributed by atoms with Crippen LogP contribution in [0.4, 0.5) is 24.7 Å². The lowest BCUT2D eigenvalue weighted by Gasteiger charge is -2.35. The number of piperazine rings is 1. The lowest BCUT2D eigenvalue weighted by molar-refractivity contribution is -0.137. The highest BCUT2D eigenvalue weighted by molar-refractivity contribution is 5.73. The number of nitrogens with zero attached hydrogens (tertiary/aromatic N) is 2. The number of aromatic nitrogens is 1. The van der Waals surface area contributed by atoms with Crippen molar-refractivity contribution >= 4 is 11.5 Å². The van der Waals surface area contributed by atoms with Crippen molar-refractivity contribution < 1.29 is 13.2 Å². The van der Waals surface area contributed by atoms with Crippen molar-refractivity contribution in [3.8, 4) is 0 Å². The van der Waals surface area contributed by atoms with E-state index >= 15 is 0 Å². The molecule has 2 aliphatic heterocycles. The number of nitrogens with one attached hydrogen (secondary N) is 2. The fourth-order valence-corrected chi connectivity index (χ4v) is 2.11. The monoisotopic (exact) mass is 256 g/mol. The van der Waals surface area contributed by atoms with E-state index in [9.17, 15) is 13.2 Å². The molecule has 7 heteroatoms. The van der Waals surface area contributed by atoms with Crippen LogP contribution in [0.15, 0.2) is 24.2 Å². The average molecular weight is 256 g/mol. The third-order valence-corrected chi connectivity index (χ3v) is 3.01. The van der Waals surface area contributed by atoms with Crippen molar-refractivity contribution in [3.63, 3.8) is 0 Å². The van der Waals surface area contributed by atoms with Gasteiger partial charge in [0.25, 0.3) is 0 Å². The highest BCUT2D eigenvalue weighted by Gasteiger charge is 2.33. The highest BCUT2D eigenvalue weighted by atomic mass is 19.4. The zero-order valence-electron chi connectivity index (χ0n) is 9.38. The summed E-state index contributed by atoms with van der Waals surface area (Å²) in [5, 5.41) is 6.06. The molecule has 2 aliphatic rings. The second-order valence-electron chi connectivity index (χ2n) is 4.20. The van der Waals surface area contributed by atoms with Crippen LogP contribution in [0.3, 0.4) is 0 Å². The molecule has 0 atom stereocenters. The van der Waals surface area contributed by atoms with Crippen LogP contribution >= 0.6 is 0 Å². The van der Waals surface area contributed by atoms with Crippen LogP contribution in [0.2, 0.25) is 0 Å². The highest BCUT2D eigenvalue weighted by Crippen LogP contribution is 2.36. The zero-order chi connectivity index (χ0) is 12.8. The molecule has 18 heavy (non-hydrogen) atoms. The summed E-state index contributed by atoms with van der Waals surface area (Å²) in [6.45, 7) is 2.19. The molecule has 0 bridgehead atoms. The van der Waals surface area contributed by atoms with Gasteiger partial charge >= 0.3 is 6.18 Å². The summed E-state index contributed by atoms with van der Waals surface area (Å²) in [6, 6.07) is 1.09. The largest absolute Gasteiger partial charge is 0.417 e. The summed E-state index contributed by atoms with van der Waals surface area (Å²) >= 11 is 0. The van der Waals surface area contributed by atoms with Gasteiger partial charge in [-0.25, -0.2) is 4.98 Å². The normalized spacial score (nSPS) is 18.6. The Morgan fingerprint density at radius 1 is 1.33 bits per heavy atom. The molecular weight excluding hydrogens is 245 g/mol. The number of rotatable bonds is 0. The average Bonchev–Trinajstić information content (AvgIpc) is 2.37. The second-order valence-corrected chi connectivity index (χ2v) is 4.20. The first kappa shape index (κ1) is 11.3. The molecule has 1 aromatic heterocycles. The third kappa shape index (κ3) is 1.80. The van der Waals surface area contributed by atoms with Gasteiger partial charge in [0.15, 0.2) is 5.82 Å². The predicted octanol–water partition coefficient (Wildman–Crippen LogP) is 1.78. The third-order valence-electron chi connectivity index (χ3n) is 3.01. The summed E-state index contributed by atoms with van der Waals surface area (Å²) in [4.78, 5) is 5.88. The maximum absolute atomic E-state index is 12.6. The molecule has 2 N–H and O–H groups in total. The van der Waals surface area contributed by atoms with E-state index in [4.69, 9.17) is 0 Å². The zero-order valence-corrected chi connectivity index (χ0v) is 9.38. The molecule has 0 aliphatic carbocycles. The fraction of sp³-hybridized carbons (Fsp3) is 0.364. The number of anilines is 2. The quantitative estimate of drug-likeness (QED) is 0.742. The molecule has 1 fully saturated rings. The van der Waals surface area contributed by atoms with E-state index in [-0.39, 0.29) is 0 Å². The lowest BCUT2D eigenvalue weighted by Crippen LogP contribution is -2.44. The Morgan fingerprint density at radius 3 is 2.94 bits per heavy atom. The smallest absolute Gasteiger partial charge is 0.357 e. The molecular formula is C11H11F3N4. The maximum Gasteiger partial charge on any atom is 0.417 e. The number of halogens is 3. The molecule has 3 heterocycles. The van der Waals surface area contributed by atoms with Crippen molar-refractivity contribution in [2.45, 2.75) is 6.18 Å². The van der Waals surface area contributed by atoms with Gasteiger partial charge in [-0.15, -0.1) is 0 Å². The Hall–Kier alpha value is -1.76. The molecule has 0 spiro atoms. The molecule has 0 unspecified atom stereocenters. The molecule has 4 nitrogen and oxygen atoms in total. The van der Waals surface area contributed by atoms with E-state index in [2.05, 4.69) is 15.6 Å². The summed E-state index contributed by atoms with van der Waals surface area (Å²) in [5.41, 5.74) is 0.650. The van der Waals surface area contributed by atoms with E-state index in [1.807, 2.05) is 4.90 Å². The summed E-state index contributed by atoms with van der Waals surface area (Å²) < 4.78 is 37.8. The SMILES string of the molecule is FC(F)(F)c1cnc2c(c1)NC=C1CNCCN12. The Morgan fingerprint density at radius 2 is 2.17 bits per heavy atom. The summed E-state index contributed by atoms with van der Waals surface area (Å²) in [5.74, 6) is 0.557. The van der Waals surface area contributed by atoms with E-state index < -0.39 is 11.7 Å². The fourth-order valence-electron chi connectivity index (χ4n) is 2.11. The van der Waals surface area contributed by atoms with Crippen LogP contribution < -0.4 is 15.5 Å². The number of hydrogen-bond acceptors (Lipinski definition) is 4. The number of pyridine rings is 1. The number of hydrogen-bond donors (Lipinski definition) is 2. The Kier molecular flexibility index (Phi) is 2.44. The van der Waals surface area contributed by atoms with Crippen LogP contribution in [0.25, 0.3) is 0 Å². The van der Waals surface area contributed by atoms with Gasteiger partial charge in [-0.1, -0.05) is 0 Å². The van der Waals surface area contributed by atoms with Crippen LogP contribution in [0.1, 0.15) is 5.56 Å². The van der Waals surface area contributed by atoms with Crippen molar-refractivity contribution in [1.29, 1.82) is 0 Å². The first-order valence-corrected chi connectivity index (χ1v) is 5.57. The van der Waals surface area contributed by atoms with Crippen molar-refractivity contribution in [3.05, 3.63) is 29.7 Å². The Balaban J connectivity index is 2.00. The standard InChI is InChI=1S/C11H11F3N4/c12-11(13,14)7-3-9-10(17-4-7)18-2-1-15-5-8(18)6-16-9/h3-4,6,15-16H,1-2,5H2. The van der Waals surface area contributed by atoms with E-state index in [1.54, 1.807) is 6.20 Å². The summed E-state index contributed by atoms with van der Waals surface area (Å²) in [6.07, 6.45) is -1.76. The lowest BCUT2D eigenvalue weighted by atomic mass is 10.2. The first-order chi connectivity index (χ1) is 8.55. The van der Waals surface area contributed by atoms with Crippen LogP contribution in [0.5, 0.6) is 0 Å². The molecule has 0 radical (unpaired) electrons. The van der Waals surface area contributed by atoms with Crippen LogP contribution in [0, 0.1) is 0 Å². The second kappa shape index (κ2) is 3.88. The number of alkyl halides is 3. The minimum atomic E-state index is -4.36. The molecule has 0 amide bonds. The van der Waals surface area contributed by atoms with Crippen molar-refractivity contribution in [2.24, 2.45) is 0 Å². The maximum atomic E-state index is 12.6. The predicted molar refractivity (Wildman–Crippen MR) is 61.2 cm³/mol. The van der Waals surface area contributed by atoms with Crippen molar-refractivity contribution in [1.82, 2.24) is 10.3 Å². The van der Waals surface area contributed by atoms with Gasteiger partial charge in [0, 0.05) is 37.7 Å². The minimum absolute atomic E-state index is 0.399. The van der Waals surface area contributed by atoms with Gasteiger partial charge < -0.3 is 15.5 Å². The van der Waals surface area contributed by atoms with Gasteiger partial charge in [0.2, 0.25) is 0 Å². The van der Waals surface area contributed by atoms with Gasteiger partial charge in [0.1, 0.15) is 0 Å². The topological polar surface area (TPSA) is 40.2 Å².